The molecule has 0 bridgehead atoms. The Morgan fingerprint density at radius 2 is 0.991 bits per heavy atom. The number of rotatable bonds is 39. The van der Waals surface area contributed by atoms with Crippen molar-refractivity contribution in [1.82, 2.24) is 36.8 Å². The second-order valence-electron chi connectivity index (χ2n) is 30.8. The van der Waals surface area contributed by atoms with Crippen molar-refractivity contribution in [3.8, 4) is 5.75 Å². The molecule has 10 atom stereocenters. The number of hydrogen-bond donors (Lipinski definition) is 8. The van der Waals surface area contributed by atoms with Crippen molar-refractivity contribution in [2.24, 2.45) is 29.4 Å². The molecule has 0 aliphatic rings. The Balaban J connectivity index is 1.29. The van der Waals surface area contributed by atoms with Crippen molar-refractivity contribution >= 4 is 72.0 Å². The molecule has 0 spiro atoms. The predicted octanol–water partition coefficient (Wildman–Crippen LogP) is 10.0. The minimum atomic E-state index is -2.91. The van der Waals surface area contributed by atoms with Gasteiger partial charge in [-0.05, 0) is 121 Å². The van der Waals surface area contributed by atoms with Gasteiger partial charge in [0.25, 0.3) is 8.32 Å². The van der Waals surface area contributed by atoms with Crippen LogP contribution in [0.15, 0.2) is 176 Å². The van der Waals surface area contributed by atoms with Crippen molar-refractivity contribution in [2.75, 3.05) is 13.7 Å². The molecule has 0 fully saturated rings. The van der Waals surface area contributed by atoms with Crippen LogP contribution in [0.3, 0.4) is 0 Å². The molecule has 6 aromatic rings. The molecule has 0 aliphatic heterocycles. The van der Waals surface area contributed by atoms with Gasteiger partial charge in [0.2, 0.25) is 41.4 Å². The lowest BCUT2D eigenvalue weighted by Gasteiger charge is -2.43. The van der Waals surface area contributed by atoms with Crippen LogP contribution in [-0.2, 0) is 64.3 Å². The normalized spacial score (nSPS) is 14.8. The lowest BCUT2D eigenvalue weighted by molar-refractivity contribution is -0.158. The number of likely N-dealkylation sites (N-methyl/N-ethyl adjacent to an activating group) is 1. The van der Waals surface area contributed by atoms with Crippen molar-refractivity contribution in [2.45, 2.75) is 220 Å². The maximum Gasteiger partial charge on any atom is 0.329 e. The molecule has 0 radical (unpaired) electrons. The highest BCUT2D eigenvalue weighted by Crippen LogP contribution is 2.39. The SMILES string of the molecule is CC[C@H](C)[C@H](NC(=O)[C@H](Cc1ccc(OC(C)(C)C)cc1)N(C)C(=O)[C@@H](NC(=O)[C@@H](N)CCCO[Si](c1ccccc1)(c1ccccc1)C(C)(C)C)[C@@H](C)CC)C(=O)O[C@H](C)[C@H](NC(=O)[C@H](CCC(=O)NC(c1ccccc1)(c1ccccc1)c1ccccc1)NC(=O)C(C)C)C(=O)N[C@@H](CC(C)C)C(=O)O. The number of nitrogens with zero attached hydrogens (tertiary/aromatic N) is 1. The summed E-state index contributed by atoms with van der Waals surface area (Å²) in [6.45, 7) is 27.9. The lowest BCUT2D eigenvalue weighted by atomic mass is 9.77. The van der Waals surface area contributed by atoms with Gasteiger partial charge < -0.3 is 61.5 Å². The number of carbonyl (C=O) groups is 9. The Hall–Kier alpha value is -9.51. The molecule has 7 amide bonds. The average molecular weight is 1490 g/mol. The monoisotopic (exact) mass is 1480 g/mol. The molecule has 0 saturated carbocycles. The largest absolute Gasteiger partial charge is 0.488 e. The Kier molecular flexibility index (Phi) is 32.2. The Labute approximate surface area is 634 Å². The van der Waals surface area contributed by atoms with Gasteiger partial charge in [0.15, 0.2) is 0 Å². The summed E-state index contributed by atoms with van der Waals surface area (Å²) in [4.78, 5) is 132. The highest BCUT2D eigenvalue weighted by atomic mass is 28.4. The van der Waals surface area contributed by atoms with Gasteiger partial charge in [-0.2, -0.15) is 0 Å². The molecular formula is C85H116N8O13Si. The summed E-state index contributed by atoms with van der Waals surface area (Å²) in [6.07, 6.45) is -0.963. The lowest BCUT2D eigenvalue weighted by Crippen LogP contribution is -2.66. The summed E-state index contributed by atoms with van der Waals surface area (Å²) in [5.41, 5.74) is 7.77. The van der Waals surface area contributed by atoms with Gasteiger partial charge in [-0.1, -0.05) is 253 Å². The quantitative estimate of drug-likeness (QED) is 0.00771. The van der Waals surface area contributed by atoms with Gasteiger partial charge in [-0.15, -0.1) is 0 Å². The molecule has 9 N–H and O–H groups in total. The van der Waals surface area contributed by atoms with Crippen LogP contribution in [0.2, 0.25) is 5.04 Å². The van der Waals surface area contributed by atoms with E-state index in [-0.39, 0.29) is 43.1 Å². The van der Waals surface area contributed by atoms with E-state index in [1.54, 1.807) is 65.8 Å². The predicted molar refractivity (Wildman–Crippen MR) is 420 cm³/mol. The van der Waals surface area contributed by atoms with Crippen molar-refractivity contribution in [3.63, 3.8) is 0 Å². The molecular weight excluding hydrogens is 1370 g/mol. The number of carbonyl (C=O) groups excluding carboxylic acids is 8. The minimum absolute atomic E-state index is 0.0250. The van der Waals surface area contributed by atoms with Crippen LogP contribution in [0.1, 0.15) is 171 Å². The second-order valence-corrected chi connectivity index (χ2v) is 35.1. The number of carboxylic acids is 1. The van der Waals surface area contributed by atoms with Crippen molar-refractivity contribution in [1.29, 1.82) is 0 Å². The summed E-state index contributed by atoms with van der Waals surface area (Å²) < 4.78 is 19.4. The van der Waals surface area contributed by atoms with Gasteiger partial charge in [0.1, 0.15) is 59.2 Å². The van der Waals surface area contributed by atoms with E-state index in [9.17, 15) is 33.9 Å². The van der Waals surface area contributed by atoms with E-state index in [1.807, 2.05) is 162 Å². The minimum Gasteiger partial charge on any atom is -0.488 e. The third-order valence-electron chi connectivity index (χ3n) is 19.6. The molecule has 0 unspecified atom stereocenters. The molecule has 6 aromatic carbocycles. The summed E-state index contributed by atoms with van der Waals surface area (Å²) >= 11 is 0. The Morgan fingerprint density at radius 1 is 0.533 bits per heavy atom. The molecule has 0 saturated heterocycles. The molecule has 0 aromatic heterocycles. The number of benzene rings is 6. The first-order valence-electron chi connectivity index (χ1n) is 37.6. The number of ether oxygens (including phenoxy) is 2. The molecule has 22 heteroatoms. The topological polar surface area (TPSA) is 303 Å². The summed E-state index contributed by atoms with van der Waals surface area (Å²) in [5, 5.41) is 29.3. The first-order chi connectivity index (χ1) is 50.6. The molecule has 107 heavy (non-hydrogen) atoms. The number of hydrogen-bond acceptors (Lipinski definition) is 13. The molecule has 0 aliphatic carbocycles. The maximum atomic E-state index is 15.4. The van der Waals surface area contributed by atoms with Gasteiger partial charge >= 0.3 is 11.9 Å². The Bertz CT molecular complexity index is 3720. The van der Waals surface area contributed by atoms with Crippen LogP contribution < -0.4 is 52.7 Å². The molecule has 6 rings (SSSR count). The number of carboxylic acid groups (broad SMARTS) is 1. The van der Waals surface area contributed by atoms with E-state index < -0.39 is 139 Å². The van der Waals surface area contributed by atoms with E-state index in [2.05, 4.69) is 76.9 Å². The highest BCUT2D eigenvalue weighted by Gasteiger charge is 2.50. The molecule has 0 heterocycles. The van der Waals surface area contributed by atoms with Crippen molar-refractivity contribution in [3.05, 3.63) is 198 Å². The molecule has 578 valence electrons. The number of aliphatic carboxylic acids is 1. The fourth-order valence-corrected chi connectivity index (χ4v) is 17.8. The number of nitrogens with two attached hydrogens (primary N) is 1. The fraction of sp³-hybridized carbons (Fsp3) is 0.471. The summed E-state index contributed by atoms with van der Waals surface area (Å²) in [5.74, 6) is -8.91. The van der Waals surface area contributed by atoms with Crippen LogP contribution in [0, 0.1) is 23.7 Å². The third kappa shape index (κ3) is 23.7. The van der Waals surface area contributed by atoms with E-state index in [4.69, 9.17) is 19.6 Å². The van der Waals surface area contributed by atoms with Crippen molar-refractivity contribution < 1.29 is 62.2 Å². The fourth-order valence-electron chi connectivity index (χ4n) is 13.2. The van der Waals surface area contributed by atoms with Crippen LogP contribution in [-0.4, -0.2) is 139 Å². The van der Waals surface area contributed by atoms with E-state index >= 15 is 14.4 Å². The summed E-state index contributed by atoms with van der Waals surface area (Å²) in [6, 6.07) is 45.9. The van der Waals surface area contributed by atoms with Gasteiger partial charge in [-0.25, -0.2) is 9.59 Å². The standard InChI is InChI=1S/C85H116N8O13Si/c1-17-57(7)72(89-76(96)67(86)45-34-52-104-107(84(13,14)15,65-41-30-22-31-42-65)66-43-32-23-33-44-66)80(100)93(16)70(54-60-46-48-64(49-47-60)106-83(10,11)12)78(98)90-73(58(8)18-2)82(103)105-59(9)74(79(99)88-69(81(101)102)53-55(3)4)91-77(97)68(87-75(95)56(5)6)50-51-71(94)92-85(61-35-24-19-25-36-61,62-37-26-20-27-38-62)63-39-28-21-29-40-63/h19-33,35-44,46-49,55-59,67-70,72-74H,17-18,34,45,50-54,86H2,1-16H3,(H,87,95)(H,88,99)(H,89,96)(H,90,98)(H,91,97)(H,92,94)(H,101,102)/t57-,58-,59+,67-,68-,69-,70-,72-,73-,74-/m0/s1. The first kappa shape index (κ1) is 86.4. The van der Waals surface area contributed by atoms with E-state index in [0.717, 1.165) is 27.1 Å². The first-order valence-corrected chi connectivity index (χ1v) is 39.5. The average Bonchev–Trinajstić information content (AvgIpc) is 0.754. The Morgan fingerprint density at radius 3 is 1.44 bits per heavy atom. The maximum absolute atomic E-state index is 15.4. The molecule has 21 nitrogen and oxygen atoms in total. The summed E-state index contributed by atoms with van der Waals surface area (Å²) in [7, 11) is -1.45. The number of amides is 7. The van der Waals surface area contributed by atoms with Crippen LogP contribution in [0.4, 0.5) is 0 Å². The van der Waals surface area contributed by atoms with Crippen LogP contribution >= 0.6 is 0 Å². The number of nitrogens with one attached hydrogen (secondary N) is 6. The zero-order valence-corrected chi connectivity index (χ0v) is 66.4. The van der Waals surface area contributed by atoms with E-state index in [1.165, 1.54) is 18.9 Å². The van der Waals surface area contributed by atoms with Crippen LogP contribution in [0.25, 0.3) is 0 Å². The zero-order valence-electron chi connectivity index (χ0n) is 65.4. The smallest absolute Gasteiger partial charge is 0.329 e. The zero-order chi connectivity index (χ0) is 79.0. The third-order valence-corrected chi connectivity index (χ3v) is 24.6. The number of esters is 1. The highest BCUT2D eigenvalue weighted by molar-refractivity contribution is 6.99. The van der Waals surface area contributed by atoms with Crippen LogP contribution in [0.5, 0.6) is 5.75 Å². The van der Waals surface area contributed by atoms with E-state index in [0.29, 0.717) is 37.2 Å². The van der Waals surface area contributed by atoms with Gasteiger partial charge in [0.05, 0.1) is 6.04 Å². The van der Waals surface area contributed by atoms with Gasteiger partial charge in [-0.3, -0.25) is 33.6 Å². The van der Waals surface area contributed by atoms with Gasteiger partial charge in [0, 0.05) is 32.4 Å². The second kappa shape index (κ2) is 39.9.